The van der Waals surface area contributed by atoms with Gasteiger partial charge >= 0.3 is 11.9 Å². The molecule has 4 rings (SSSR count). The maximum Gasteiger partial charge on any atom is 0.341 e. The van der Waals surface area contributed by atoms with E-state index in [2.05, 4.69) is 20.8 Å². The highest BCUT2D eigenvalue weighted by Crippen LogP contribution is 2.52. The highest BCUT2D eigenvalue weighted by Gasteiger charge is 2.53. The van der Waals surface area contributed by atoms with Crippen LogP contribution < -0.4 is 0 Å². The lowest BCUT2D eigenvalue weighted by Crippen LogP contribution is -2.54. The average Bonchev–Trinajstić information content (AvgIpc) is 2.86. The molecule has 2 heterocycles. The second kappa shape index (κ2) is 8.07. The fourth-order valence-electron chi connectivity index (χ4n) is 5.60. The summed E-state index contributed by atoms with van der Waals surface area (Å²) in [5.41, 5.74) is -0.0204. The van der Waals surface area contributed by atoms with Crippen LogP contribution in [0.5, 0.6) is 0 Å². The standard InChI is InChI=1S/C23H30O6/c1-12-8-10-16-14(3)22(29-23-19(16)15(12)11-9-13(2)27-23)28-21(26)18-7-5-4-6-17(18)20(24)25/h4-7,12-16,19,22-23H,8-11H2,1-3H3,(H,24,25)/t12-,13?,14?,15?,16?,19?,22?,23?/m1/s1. The number of carboxylic acids is 1. The predicted octanol–water partition coefficient (Wildman–Crippen LogP) is 4.34. The first-order chi connectivity index (χ1) is 13.9. The first kappa shape index (κ1) is 20.4. The zero-order chi connectivity index (χ0) is 20.7. The topological polar surface area (TPSA) is 82.1 Å². The Morgan fingerprint density at radius 1 is 0.966 bits per heavy atom. The van der Waals surface area contributed by atoms with E-state index in [0.29, 0.717) is 23.7 Å². The van der Waals surface area contributed by atoms with Crippen LogP contribution in [0.1, 0.15) is 67.2 Å². The summed E-state index contributed by atoms with van der Waals surface area (Å²) in [6, 6.07) is 6.11. The van der Waals surface area contributed by atoms with Crippen molar-refractivity contribution in [3.63, 3.8) is 0 Å². The van der Waals surface area contributed by atoms with E-state index in [4.69, 9.17) is 14.2 Å². The van der Waals surface area contributed by atoms with Gasteiger partial charge in [-0.1, -0.05) is 32.4 Å². The Morgan fingerprint density at radius 3 is 2.38 bits per heavy atom. The van der Waals surface area contributed by atoms with E-state index in [-0.39, 0.29) is 29.4 Å². The Bertz CT molecular complexity index is 776. The van der Waals surface area contributed by atoms with Crippen LogP contribution in [0.4, 0.5) is 0 Å². The Morgan fingerprint density at radius 2 is 1.66 bits per heavy atom. The SMILES string of the molecule is CC1CCC2C3C(O1)OC(OC(=O)c1ccccc1C(=O)O)C(C)C3CC[C@H]2C. The number of carbonyl (C=O) groups excluding carboxylic acids is 1. The normalized spacial score (nSPS) is 39.1. The number of aromatic carboxylic acids is 1. The van der Waals surface area contributed by atoms with Gasteiger partial charge in [0.2, 0.25) is 6.29 Å². The van der Waals surface area contributed by atoms with Crippen LogP contribution in [0.15, 0.2) is 24.3 Å². The molecule has 8 atom stereocenters. The van der Waals surface area contributed by atoms with E-state index >= 15 is 0 Å². The Balaban J connectivity index is 1.57. The zero-order valence-corrected chi connectivity index (χ0v) is 17.2. The van der Waals surface area contributed by atoms with Crippen LogP contribution in [-0.4, -0.2) is 35.7 Å². The number of carboxylic acid groups (broad SMARTS) is 1. The Hall–Kier alpha value is -1.92. The molecule has 1 saturated carbocycles. The molecule has 1 aliphatic carbocycles. The van der Waals surface area contributed by atoms with Crippen molar-refractivity contribution in [1.29, 1.82) is 0 Å². The summed E-state index contributed by atoms with van der Waals surface area (Å²) in [7, 11) is 0. The summed E-state index contributed by atoms with van der Waals surface area (Å²) < 4.78 is 18.2. The molecule has 0 amide bonds. The van der Waals surface area contributed by atoms with Crippen LogP contribution in [0.3, 0.4) is 0 Å². The largest absolute Gasteiger partial charge is 0.478 e. The van der Waals surface area contributed by atoms with Gasteiger partial charge in [0.15, 0.2) is 6.29 Å². The number of hydrogen-bond donors (Lipinski definition) is 1. The monoisotopic (exact) mass is 402 g/mol. The van der Waals surface area contributed by atoms with Crippen molar-refractivity contribution >= 4 is 11.9 Å². The van der Waals surface area contributed by atoms with E-state index < -0.39 is 18.2 Å². The lowest BCUT2D eigenvalue weighted by atomic mass is 9.61. The molecule has 1 N–H and O–H groups in total. The molecule has 1 aromatic rings. The van der Waals surface area contributed by atoms with Gasteiger partial charge < -0.3 is 19.3 Å². The summed E-state index contributed by atoms with van der Waals surface area (Å²) in [5.74, 6) is 0.110. The maximum absolute atomic E-state index is 12.8. The minimum Gasteiger partial charge on any atom is -0.478 e. The van der Waals surface area contributed by atoms with Crippen molar-refractivity contribution in [2.24, 2.45) is 29.6 Å². The average molecular weight is 402 g/mol. The number of carbonyl (C=O) groups is 2. The third kappa shape index (κ3) is 3.80. The minimum atomic E-state index is -1.15. The van der Waals surface area contributed by atoms with Crippen molar-refractivity contribution in [3.8, 4) is 0 Å². The van der Waals surface area contributed by atoms with Crippen LogP contribution in [-0.2, 0) is 14.2 Å². The Kier molecular flexibility index (Phi) is 5.67. The molecule has 29 heavy (non-hydrogen) atoms. The highest BCUT2D eigenvalue weighted by atomic mass is 16.8. The fraction of sp³-hybridized carbons (Fsp3) is 0.652. The minimum absolute atomic E-state index is 0.0317. The highest BCUT2D eigenvalue weighted by molar-refractivity contribution is 6.02. The van der Waals surface area contributed by atoms with Gasteiger partial charge in [0, 0.05) is 11.8 Å². The summed E-state index contributed by atoms with van der Waals surface area (Å²) in [5, 5.41) is 9.37. The third-order valence-corrected chi connectivity index (χ3v) is 7.24. The number of rotatable bonds is 3. The Labute approximate surface area is 171 Å². The smallest absolute Gasteiger partial charge is 0.341 e. The number of esters is 1. The third-order valence-electron chi connectivity index (χ3n) is 7.24. The van der Waals surface area contributed by atoms with Gasteiger partial charge in [-0.25, -0.2) is 9.59 Å². The molecule has 0 spiro atoms. The lowest BCUT2D eigenvalue weighted by Gasteiger charge is -2.51. The van der Waals surface area contributed by atoms with Crippen LogP contribution >= 0.6 is 0 Å². The molecular weight excluding hydrogens is 372 g/mol. The molecule has 0 aromatic heterocycles. The van der Waals surface area contributed by atoms with E-state index in [1.807, 2.05) is 0 Å². The molecule has 3 aliphatic rings. The molecule has 6 heteroatoms. The summed E-state index contributed by atoms with van der Waals surface area (Å²) in [6.45, 7) is 6.47. The molecule has 0 bridgehead atoms. The number of ether oxygens (including phenoxy) is 3. The van der Waals surface area contributed by atoms with E-state index in [1.54, 1.807) is 12.1 Å². The number of hydrogen-bond acceptors (Lipinski definition) is 5. The van der Waals surface area contributed by atoms with E-state index in [1.165, 1.54) is 18.6 Å². The second-order valence-electron chi connectivity index (χ2n) is 8.97. The van der Waals surface area contributed by atoms with Crippen LogP contribution in [0.25, 0.3) is 0 Å². The van der Waals surface area contributed by atoms with Crippen molar-refractivity contribution in [1.82, 2.24) is 0 Å². The molecule has 3 fully saturated rings. The molecule has 2 aliphatic heterocycles. The molecule has 1 aromatic carbocycles. The molecule has 6 nitrogen and oxygen atoms in total. The molecule has 158 valence electrons. The second-order valence-corrected chi connectivity index (χ2v) is 8.97. The number of benzene rings is 1. The molecule has 0 radical (unpaired) electrons. The van der Waals surface area contributed by atoms with Crippen molar-refractivity contribution in [3.05, 3.63) is 35.4 Å². The zero-order valence-electron chi connectivity index (χ0n) is 17.2. The van der Waals surface area contributed by atoms with Gasteiger partial charge in [0.25, 0.3) is 0 Å². The maximum atomic E-state index is 12.8. The molecule has 2 saturated heterocycles. The van der Waals surface area contributed by atoms with Gasteiger partial charge in [-0.3, -0.25) is 0 Å². The van der Waals surface area contributed by atoms with Crippen molar-refractivity contribution in [2.75, 3.05) is 0 Å². The summed E-state index contributed by atoms with van der Waals surface area (Å²) in [4.78, 5) is 24.3. The molecule has 7 unspecified atom stereocenters. The van der Waals surface area contributed by atoms with Crippen molar-refractivity contribution < 1.29 is 28.9 Å². The van der Waals surface area contributed by atoms with Crippen LogP contribution in [0, 0.1) is 29.6 Å². The van der Waals surface area contributed by atoms with E-state index in [0.717, 1.165) is 19.3 Å². The van der Waals surface area contributed by atoms with Gasteiger partial charge in [-0.15, -0.1) is 0 Å². The van der Waals surface area contributed by atoms with Gasteiger partial charge in [-0.2, -0.15) is 0 Å². The van der Waals surface area contributed by atoms with Crippen molar-refractivity contribution in [2.45, 2.75) is 65.1 Å². The summed E-state index contributed by atoms with van der Waals surface area (Å²) in [6.07, 6.45) is 3.38. The fourth-order valence-corrected chi connectivity index (χ4v) is 5.60. The van der Waals surface area contributed by atoms with Crippen LogP contribution in [0.2, 0.25) is 0 Å². The predicted molar refractivity (Wildman–Crippen MR) is 105 cm³/mol. The first-order valence-corrected chi connectivity index (χ1v) is 10.7. The van der Waals surface area contributed by atoms with Gasteiger partial charge in [0.1, 0.15) is 0 Å². The summed E-state index contributed by atoms with van der Waals surface area (Å²) >= 11 is 0. The first-order valence-electron chi connectivity index (χ1n) is 10.7. The lowest BCUT2D eigenvalue weighted by molar-refractivity contribution is -0.321. The van der Waals surface area contributed by atoms with Gasteiger partial charge in [-0.05, 0) is 56.1 Å². The van der Waals surface area contributed by atoms with Gasteiger partial charge in [0.05, 0.1) is 17.2 Å². The quantitative estimate of drug-likeness (QED) is 0.758. The molecular formula is C23H30O6. The van der Waals surface area contributed by atoms with E-state index in [9.17, 15) is 14.7 Å².